The molecule has 1 aliphatic heterocycles. The van der Waals surface area contributed by atoms with Crippen molar-refractivity contribution >= 4 is 23.5 Å². The van der Waals surface area contributed by atoms with E-state index in [4.69, 9.17) is 4.74 Å². The van der Waals surface area contributed by atoms with Crippen molar-refractivity contribution < 1.29 is 22.7 Å². The Morgan fingerprint density at radius 3 is 2.69 bits per heavy atom. The van der Waals surface area contributed by atoms with Gasteiger partial charge in [0.1, 0.15) is 23.0 Å². The Morgan fingerprint density at radius 1 is 1.13 bits per heavy atom. The van der Waals surface area contributed by atoms with Gasteiger partial charge in [0, 0.05) is 30.6 Å². The lowest BCUT2D eigenvalue weighted by atomic mass is 10.0. The van der Waals surface area contributed by atoms with E-state index in [1.165, 1.54) is 18.2 Å². The Balaban J connectivity index is 1.40. The summed E-state index contributed by atoms with van der Waals surface area (Å²) in [4.78, 5) is 23.1. The minimum absolute atomic E-state index is 0.0836. The second-order valence-corrected chi connectivity index (χ2v) is 9.31. The van der Waals surface area contributed by atoms with Crippen molar-refractivity contribution in [1.82, 2.24) is 15.2 Å². The molecule has 3 aromatic rings. The van der Waals surface area contributed by atoms with Gasteiger partial charge in [-0.3, -0.25) is 14.8 Å². The average molecular weight is 538 g/mol. The number of hydrogen-bond acceptors (Lipinski definition) is 6. The molecular formula is C29H30F3N5O2. The second kappa shape index (κ2) is 12.6. The van der Waals surface area contributed by atoms with Crippen LogP contribution in [0.15, 0.2) is 71.9 Å². The summed E-state index contributed by atoms with van der Waals surface area (Å²) in [7, 11) is 3.75. The van der Waals surface area contributed by atoms with Gasteiger partial charge in [-0.1, -0.05) is 18.2 Å². The Bertz CT molecular complexity index is 1370. The number of carbonyl (C=O) groups excluding carboxylic acids is 1. The van der Waals surface area contributed by atoms with E-state index in [2.05, 4.69) is 20.6 Å². The van der Waals surface area contributed by atoms with Gasteiger partial charge >= 0.3 is 6.18 Å². The van der Waals surface area contributed by atoms with E-state index in [1.54, 1.807) is 48.7 Å². The number of aromatic nitrogens is 1. The summed E-state index contributed by atoms with van der Waals surface area (Å²) >= 11 is 0. The van der Waals surface area contributed by atoms with Crippen molar-refractivity contribution in [2.75, 3.05) is 39.0 Å². The molecule has 0 radical (unpaired) electrons. The number of nitrogens with one attached hydrogen (secondary N) is 2. The molecule has 1 amide bonds. The number of nitrogens with zero attached hydrogens (tertiary/aromatic N) is 3. The van der Waals surface area contributed by atoms with Gasteiger partial charge < -0.3 is 20.3 Å². The minimum Gasteiger partial charge on any atom is -0.457 e. The van der Waals surface area contributed by atoms with Crippen molar-refractivity contribution in [2.45, 2.75) is 19.0 Å². The first kappa shape index (κ1) is 27.8. The number of pyridine rings is 1. The van der Waals surface area contributed by atoms with Crippen LogP contribution < -0.4 is 15.4 Å². The van der Waals surface area contributed by atoms with Gasteiger partial charge in [0.05, 0.1) is 12.1 Å². The number of rotatable bonds is 10. The summed E-state index contributed by atoms with van der Waals surface area (Å²) < 4.78 is 46.9. The first-order valence-corrected chi connectivity index (χ1v) is 12.5. The van der Waals surface area contributed by atoms with Crippen LogP contribution in [0.3, 0.4) is 0 Å². The third-order valence-electron chi connectivity index (χ3n) is 5.90. The molecule has 0 atom stereocenters. The maximum absolute atomic E-state index is 13.7. The van der Waals surface area contributed by atoms with Crippen molar-refractivity contribution in [1.29, 1.82) is 0 Å². The molecule has 2 heterocycles. The zero-order chi connectivity index (χ0) is 27.8. The molecule has 4 rings (SSSR count). The normalized spacial score (nSPS) is 13.4. The van der Waals surface area contributed by atoms with Crippen LogP contribution in [0, 0.1) is 0 Å². The number of aliphatic imine (C=N–C) groups is 1. The number of amidine groups is 1. The predicted molar refractivity (Wildman–Crippen MR) is 146 cm³/mol. The molecular weight excluding hydrogens is 507 g/mol. The van der Waals surface area contributed by atoms with Crippen LogP contribution in [0.1, 0.15) is 28.8 Å². The lowest BCUT2D eigenvalue weighted by Crippen LogP contribution is -2.20. The first-order chi connectivity index (χ1) is 18.7. The molecule has 0 fully saturated rings. The van der Waals surface area contributed by atoms with Crippen LogP contribution in [0.2, 0.25) is 0 Å². The maximum Gasteiger partial charge on any atom is 0.416 e. The number of ether oxygens (including phenoxy) is 1. The zero-order valence-corrected chi connectivity index (χ0v) is 21.8. The molecule has 204 valence electrons. The molecule has 0 spiro atoms. The number of aryl methyl sites for hydroxylation is 1. The number of alkyl halides is 3. The van der Waals surface area contributed by atoms with E-state index >= 15 is 0 Å². The molecule has 0 unspecified atom stereocenters. The van der Waals surface area contributed by atoms with Crippen molar-refractivity contribution in [3.63, 3.8) is 0 Å². The standard InChI is InChI=1S/C29H30F3N5O2/c1-37(2)16-4-6-21-9-10-22(18-25(21)29(30,31)32)36-27(38)11-8-20-5-3-7-23(17-20)39-24-12-13-33-26(19-24)28-34-14-15-35-28/h3,5,7-13,17-19H,4,6,14-16H2,1-2H3,(H,34,35)(H,36,38)/b11-8+. The van der Waals surface area contributed by atoms with Crippen LogP contribution in [0.25, 0.3) is 6.08 Å². The van der Waals surface area contributed by atoms with Gasteiger partial charge in [-0.2, -0.15) is 13.2 Å². The zero-order valence-electron chi connectivity index (χ0n) is 21.8. The lowest BCUT2D eigenvalue weighted by Gasteiger charge is -2.16. The van der Waals surface area contributed by atoms with Crippen LogP contribution in [0.5, 0.6) is 11.5 Å². The fourth-order valence-electron chi connectivity index (χ4n) is 4.07. The van der Waals surface area contributed by atoms with E-state index < -0.39 is 17.6 Å². The minimum atomic E-state index is -4.51. The van der Waals surface area contributed by atoms with Gasteiger partial charge in [0.2, 0.25) is 5.91 Å². The smallest absolute Gasteiger partial charge is 0.416 e. The predicted octanol–water partition coefficient (Wildman–Crippen LogP) is 5.39. The van der Waals surface area contributed by atoms with Gasteiger partial charge in [0.15, 0.2) is 0 Å². The quantitative estimate of drug-likeness (QED) is 0.339. The van der Waals surface area contributed by atoms with E-state index in [-0.39, 0.29) is 11.3 Å². The third-order valence-corrected chi connectivity index (χ3v) is 5.90. The highest BCUT2D eigenvalue weighted by molar-refractivity contribution is 6.02. The van der Waals surface area contributed by atoms with Crippen LogP contribution >= 0.6 is 0 Å². The molecule has 2 aromatic carbocycles. The van der Waals surface area contributed by atoms with E-state index in [1.807, 2.05) is 19.0 Å². The number of carbonyl (C=O) groups is 1. The van der Waals surface area contributed by atoms with E-state index in [9.17, 15) is 18.0 Å². The van der Waals surface area contributed by atoms with Gasteiger partial charge in [-0.15, -0.1) is 0 Å². The highest BCUT2D eigenvalue weighted by atomic mass is 19.4. The van der Waals surface area contributed by atoms with Crippen molar-refractivity contribution in [2.24, 2.45) is 4.99 Å². The Labute approximate surface area is 225 Å². The molecule has 0 bridgehead atoms. The number of halogens is 3. The molecule has 7 nitrogen and oxygen atoms in total. The summed E-state index contributed by atoms with van der Waals surface area (Å²) in [6, 6.07) is 14.5. The molecule has 0 saturated carbocycles. The monoisotopic (exact) mass is 537 g/mol. The first-order valence-electron chi connectivity index (χ1n) is 12.5. The Hall–Kier alpha value is -4.18. The van der Waals surface area contributed by atoms with Gasteiger partial charge in [-0.05, 0) is 81.0 Å². The molecule has 2 N–H and O–H groups in total. The topological polar surface area (TPSA) is 78.9 Å². The van der Waals surface area contributed by atoms with Gasteiger partial charge in [0.25, 0.3) is 0 Å². The summed E-state index contributed by atoms with van der Waals surface area (Å²) in [6.07, 6.45) is 0.862. The highest BCUT2D eigenvalue weighted by Gasteiger charge is 2.33. The number of benzene rings is 2. The Kier molecular flexibility index (Phi) is 8.98. The molecule has 0 aliphatic carbocycles. The van der Waals surface area contributed by atoms with Crippen molar-refractivity contribution in [3.05, 3.63) is 89.3 Å². The molecule has 1 aliphatic rings. The second-order valence-electron chi connectivity index (χ2n) is 9.31. The average Bonchev–Trinajstić information content (AvgIpc) is 3.43. The summed E-state index contributed by atoms with van der Waals surface area (Å²) in [5.41, 5.74) is 0.936. The van der Waals surface area contributed by atoms with E-state index in [0.29, 0.717) is 48.7 Å². The fraction of sp³-hybridized carbons (Fsp3) is 0.276. The summed E-state index contributed by atoms with van der Waals surface area (Å²) in [5.74, 6) is 1.32. The third kappa shape index (κ3) is 8.15. The summed E-state index contributed by atoms with van der Waals surface area (Å²) in [5, 5.41) is 5.69. The summed E-state index contributed by atoms with van der Waals surface area (Å²) in [6.45, 7) is 2.16. The Morgan fingerprint density at radius 2 is 1.95 bits per heavy atom. The van der Waals surface area contributed by atoms with E-state index in [0.717, 1.165) is 18.4 Å². The molecule has 39 heavy (non-hydrogen) atoms. The largest absolute Gasteiger partial charge is 0.457 e. The SMILES string of the molecule is CN(C)CCCc1ccc(NC(=O)/C=C/c2cccc(Oc3ccnc(C4=NCCN4)c3)c2)cc1C(F)(F)F. The molecule has 1 aromatic heterocycles. The van der Waals surface area contributed by atoms with Crippen LogP contribution in [0.4, 0.5) is 18.9 Å². The van der Waals surface area contributed by atoms with Gasteiger partial charge in [-0.25, -0.2) is 0 Å². The molecule has 0 saturated heterocycles. The maximum atomic E-state index is 13.7. The number of hydrogen-bond donors (Lipinski definition) is 2. The molecule has 10 heteroatoms. The van der Waals surface area contributed by atoms with Crippen molar-refractivity contribution in [3.8, 4) is 11.5 Å². The number of anilines is 1. The van der Waals surface area contributed by atoms with Crippen LogP contribution in [-0.4, -0.2) is 55.4 Å². The fourth-order valence-corrected chi connectivity index (χ4v) is 4.07. The number of amides is 1. The lowest BCUT2D eigenvalue weighted by molar-refractivity contribution is -0.138. The highest BCUT2D eigenvalue weighted by Crippen LogP contribution is 2.34. The van der Waals surface area contributed by atoms with Crippen LogP contribution in [-0.2, 0) is 17.4 Å².